The zero-order valence-corrected chi connectivity index (χ0v) is 19.2. The van der Waals surface area contributed by atoms with Crippen molar-refractivity contribution in [1.82, 2.24) is 9.62 Å². The molecule has 9 heteroatoms. The monoisotopic (exact) mass is 461 g/mol. The summed E-state index contributed by atoms with van der Waals surface area (Å²) in [6.07, 6.45) is 6.68. The molecule has 0 atom stereocenters. The van der Waals surface area contributed by atoms with Crippen molar-refractivity contribution in [3.63, 3.8) is 0 Å². The Bertz CT molecular complexity index is 1080. The first-order valence-electron chi connectivity index (χ1n) is 10.7. The van der Waals surface area contributed by atoms with Gasteiger partial charge in [0.2, 0.25) is 10.0 Å². The molecule has 2 amide bonds. The lowest BCUT2D eigenvalue weighted by Crippen LogP contribution is -2.35. The van der Waals surface area contributed by atoms with Crippen LogP contribution in [0.1, 0.15) is 63.3 Å². The van der Waals surface area contributed by atoms with E-state index in [0.29, 0.717) is 29.2 Å². The number of sulfonamides is 1. The number of benzene rings is 1. The second-order valence-corrected chi connectivity index (χ2v) is 11.0. The summed E-state index contributed by atoms with van der Waals surface area (Å²) in [7, 11) is -1.95. The van der Waals surface area contributed by atoms with E-state index >= 15 is 0 Å². The zero-order valence-electron chi connectivity index (χ0n) is 17.6. The SMILES string of the molecule is CNC(=O)c1c(NC(=O)c2ccc(S(=O)(=O)N3CCCCC3)cc2)sc2c1CCCC2. The van der Waals surface area contributed by atoms with Gasteiger partial charge >= 0.3 is 0 Å². The normalized spacial score (nSPS) is 17.1. The van der Waals surface area contributed by atoms with Gasteiger partial charge in [-0.3, -0.25) is 9.59 Å². The van der Waals surface area contributed by atoms with Crippen molar-refractivity contribution in [2.24, 2.45) is 0 Å². The Morgan fingerprint density at radius 3 is 2.29 bits per heavy atom. The van der Waals surface area contributed by atoms with Gasteiger partial charge in [-0.15, -0.1) is 11.3 Å². The first kappa shape index (κ1) is 22.0. The van der Waals surface area contributed by atoms with Crippen molar-refractivity contribution in [2.75, 3.05) is 25.5 Å². The van der Waals surface area contributed by atoms with E-state index in [9.17, 15) is 18.0 Å². The van der Waals surface area contributed by atoms with E-state index in [2.05, 4.69) is 10.6 Å². The highest BCUT2D eigenvalue weighted by molar-refractivity contribution is 7.89. The molecule has 1 fully saturated rings. The Labute approximate surface area is 186 Å². The molecule has 0 bridgehead atoms. The number of thiophene rings is 1. The predicted molar refractivity (Wildman–Crippen MR) is 121 cm³/mol. The second kappa shape index (κ2) is 9.10. The number of carbonyl (C=O) groups excluding carboxylic acids is 2. The van der Waals surface area contributed by atoms with Gasteiger partial charge in [-0.1, -0.05) is 6.42 Å². The van der Waals surface area contributed by atoms with Gasteiger partial charge in [0.25, 0.3) is 11.8 Å². The topological polar surface area (TPSA) is 95.6 Å². The molecule has 0 spiro atoms. The fourth-order valence-corrected chi connectivity index (χ4v) is 7.03. The molecule has 2 aliphatic rings. The maximum Gasteiger partial charge on any atom is 0.256 e. The lowest BCUT2D eigenvalue weighted by atomic mass is 9.95. The lowest BCUT2D eigenvalue weighted by Gasteiger charge is -2.25. The number of rotatable bonds is 5. The van der Waals surface area contributed by atoms with Crippen LogP contribution in [0.4, 0.5) is 5.00 Å². The second-order valence-electron chi connectivity index (χ2n) is 7.94. The van der Waals surface area contributed by atoms with Gasteiger partial charge in [0.05, 0.1) is 10.5 Å². The van der Waals surface area contributed by atoms with Gasteiger partial charge in [-0.2, -0.15) is 4.31 Å². The Balaban J connectivity index is 1.55. The van der Waals surface area contributed by atoms with E-state index < -0.39 is 10.0 Å². The number of fused-ring (bicyclic) bond motifs is 1. The molecule has 7 nitrogen and oxygen atoms in total. The van der Waals surface area contributed by atoms with E-state index in [-0.39, 0.29) is 16.7 Å². The van der Waals surface area contributed by atoms with Crippen LogP contribution in [0, 0.1) is 0 Å². The summed E-state index contributed by atoms with van der Waals surface area (Å²) in [5, 5.41) is 6.11. The number of hydrogen-bond acceptors (Lipinski definition) is 5. The van der Waals surface area contributed by atoms with Crippen LogP contribution in [-0.4, -0.2) is 44.7 Å². The summed E-state index contributed by atoms with van der Waals surface area (Å²) in [5.41, 5.74) is 1.94. The smallest absolute Gasteiger partial charge is 0.256 e. The van der Waals surface area contributed by atoms with Gasteiger partial charge in [0, 0.05) is 30.6 Å². The third-order valence-electron chi connectivity index (χ3n) is 5.92. The van der Waals surface area contributed by atoms with Crippen LogP contribution in [-0.2, 0) is 22.9 Å². The standard InChI is InChI=1S/C22H27N3O4S2/c1-23-21(27)19-17-7-3-4-8-18(17)30-22(19)24-20(26)15-9-11-16(12-10-15)31(28,29)25-13-5-2-6-14-25/h9-12H,2-8,13-14H2,1H3,(H,23,27)(H,24,26). The number of amides is 2. The van der Waals surface area contributed by atoms with Crippen LogP contribution in [0.5, 0.6) is 0 Å². The predicted octanol–water partition coefficient (Wildman–Crippen LogP) is 3.41. The lowest BCUT2D eigenvalue weighted by molar-refractivity contribution is 0.0963. The molecule has 2 N–H and O–H groups in total. The number of carbonyl (C=O) groups is 2. The van der Waals surface area contributed by atoms with Gasteiger partial charge < -0.3 is 10.6 Å². The highest BCUT2D eigenvalue weighted by Crippen LogP contribution is 2.38. The summed E-state index contributed by atoms with van der Waals surface area (Å²) in [6.45, 7) is 1.08. The molecule has 166 valence electrons. The van der Waals surface area contributed by atoms with Crippen molar-refractivity contribution < 1.29 is 18.0 Å². The number of piperidine rings is 1. The highest BCUT2D eigenvalue weighted by Gasteiger charge is 2.27. The van der Waals surface area contributed by atoms with Crippen LogP contribution in [0.25, 0.3) is 0 Å². The van der Waals surface area contributed by atoms with Gasteiger partial charge in [-0.25, -0.2) is 8.42 Å². The Kier molecular flexibility index (Phi) is 6.45. The third-order valence-corrected chi connectivity index (χ3v) is 9.04. The minimum Gasteiger partial charge on any atom is -0.355 e. The number of nitrogens with one attached hydrogen (secondary N) is 2. The summed E-state index contributed by atoms with van der Waals surface area (Å²) in [6, 6.07) is 6.02. The summed E-state index contributed by atoms with van der Waals surface area (Å²) in [5.74, 6) is -0.552. The zero-order chi connectivity index (χ0) is 22.0. The summed E-state index contributed by atoms with van der Waals surface area (Å²) >= 11 is 1.46. The highest BCUT2D eigenvalue weighted by atomic mass is 32.2. The van der Waals surface area contributed by atoms with Gasteiger partial charge in [0.15, 0.2) is 0 Å². The number of hydrogen-bond donors (Lipinski definition) is 2. The molecule has 0 saturated carbocycles. The van der Waals surface area contributed by atoms with Crippen molar-refractivity contribution >= 4 is 38.2 Å². The molecular formula is C22H27N3O4S2. The van der Waals surface area contributed by atoms with Gasteiger partial charge in [-0.05, 0) is 68.4 Å². The molecule has 31 heavy (non-hydrogen) atoms. The molecular weight excluding hydrogens is 434 g/mol. The van der Waals surface area contributed by atoms with Crippen LogP contribution in [0.2, 0.25) is 0 Å². The maximum absolute atomic E-state index is 12.9. The van der Waals surface area contributed by atoms with Gasteiger partial charge in [0.1, 0.15) is 5.00 Å². The Hall–Kier alpha value is -2.23. The van der Waals surface area contributed by atoms with Crippen molar-refractivity contribution in [2.45, 2.75) is 49.8 Å². The number of nitrogens with zero attached hydrogens (tertiary/aromatic N) is 1. The average Bonchev–Trinajstić information content (AvgIpc) is 3.17. The molecule has 2 heterocycles. The quantitative estimate of drug-likeness (QED) is 0.713. The van der Waals surface area contributed by atoms with Crippen LogP contribution in [0.15, 0.2) is 29.2 Å². The molecule has 1 aromatic carbocycles. The van der Waals surface area contributed by atoms with Crippen molar-refractivity contribution in [1.29, 1.82) is 0 Å². The van der Waals surface area contributed by atoms with Crippen LogP contribution < -0.4 is 10.6 Å². The molecule has 4 rings (SSSR count). The Morgan fingerprint density at radius 1 is 0.935 bits per heavy atom. The minimum absolute atomic E-state index is 0.197. The fourth-order valence-electron chi connectivity index (χ4n) is 4.23. The molecule has 1 aliphatic carbocycles. The third kappa shape index (κ3) is 4.40. The first-order valence-corrected chi connectivity index (χ1v) is 13.0. The summed E-state index contributed by atoms with van der Waals surface area (Å²) < 4.78 is 27.1. The van der Waals surface area contributed by atoms with Crippen molar-refractivity contribution in [3.05, 3.63) is 45.8 Å². The number of anilines is 1. The molecule has 2 aromatic rings. The van der Waals surface area contributed by atoms with E-state index in [1.54, 1.807) is 7.05 Å². The molecule has 1 aliphatic heterocycles. The largest absolute Gasteiger partial charge is 0.355 e. The minimum atomic E-state index is -3.54. The van der Waals surface area contributed by atoms with Crippen molar-refractivity contribution in [3.8, 4) is 0 Å². The molecule has 0 radical (unpaired) electrons. The Morgan fingerprint density at radius 2 is 1.61 bits per heavy atom. The van der Waals surface area contributed by atoms with Crippen LogP contribution in [0.3, 0.4) is 0 Å². The number of aryl methyl sites for hydroxylation is 1. The maximum atomic E-state index is 12.9. The average molecular weight is 462 g/mol. The molecule has 1 saturated heterocycles. The van der Waals surface area contributed by atoms with E-state index in [0.717, 1.165) is 55.4 Å². The van der Waals surface area contributed by atoms with E-state index in [1.807, 2.05) is 0 Å². The molecule has 0 unspecified atom stereocenters. The van der Waals surface area contributed by atoms with E-state index in [1.165, 1.54) is 39.9 Å². The van der Waals surface area contributed by atoms with Crippen LogP contribution >= 0.6 is 11.3 Å². The van der Waals surface area contributed by atoms with E-state index in [4.69, 9.17) is 0 Å². The summed E-state index contributed by atoms with van der Waals surface area (Å²) in [4.78, 5) is 26.7. The fraction of sp³-hybridized carbons (Fsp3) is 0.455. The first-order chi connectivity index (χ1) is 14.9. The molecule has 1 aromatic heterocycles.